The lowest BCUT2D eigenvalue weighted by Gasteiger charge is -2.28. The molecule has 11 nitrogen and oxygen atoms in total. The summed E-state index contributed by atoms with van der Waals surface area (Å²) in [5.74, 6) is -3.07. The fraction of sp³-hybridized carbons (Fsp3) is 0.0870. The minimum atomic E-state index is -1.41. The molecule has 4 amide bonds. The lowest BCUT2D eigenvalue weighted by molar-refractivity contribution is -0.384. The minimum Gasteiger partial charge on any atom is -0.274 e. The van der Waals surface area contributed by atoms with Crippen LogP contribution >= 0.6 is 11.6 Å². The average molecular weight is 494 g/mol. The second kappa shape index (κ2) is 9.69. The van der Waals surface area contributed by atoms with Gasteiger partial charge in [-0.15, -0.1) is 0 Å². The smallest absolute Gasteiger partial charge is 0.273 e. The second-order valence-corrected chi connectivity index (χ2v) is 7.87. The molecule has 1 fully saturated rings. The lowest BCUT2D eigenvalue weighted by atomic mass is 10.1. The van der Waals surface area contributed by atoms with E-state index in [0.29, 0.717) is 5.02 Å². The molecule has 2 aromatic carbocycles. The van der Waals surface area contributed by atoms with Gasteiger partial charge in [-0.3, -0.25) is 39.7 Å². The number of nitrogens with zero attached hydrogens (tertiary/aromatic N) is 4. The van der Waals surface area contributed by atoms with Gasteiger partial charge in [0.1, 0.15) is 6.04 Å². The van der Waals surface area contributed by atoms with Gasteiger partial charge < -0.3 is 0 Å². The van der Waals surface area contributed by atoms with E-state index in [1.165, 1.54) is 54.9 Å². The number of carbonyl (C=O) groups excluding carboxylic acids is 4. The van der Waals surface area contributed by atoms with Gasteiger partial charge in [-0.1, -0.05) is 23.7 Å². The van der Waals surface area contributed by atoms with Gasteiger partial charge in [0.15, 0.2) is 0 Å². The van der Waals surface area contributed by atoms with Crippen LogP contribution in [-0.4, -0.2) is 44.6 Å². The molecule has 1 atom stereocenters. The number of halogens is 1. The number of hydrogen-bond donors (Lipinski definition) is 1. The number of nitrogens with one attached hydrogen (secondary N) is 1. The van der Waals surface area contributed by atoms with Gasteiger partial charge in [0.25, 0.3) is 23.4 Å². The Morgan fingerprint density at radius 1 is 1.09 bits per heavy atom. The van der Waals surface area contributed by atoms with E-state index in [1.807, 2.05) is 0 Å². The number of anilines is 1. The second-order valence-electron chi connectivity index (χ2n) is 7.43. The molecule has 1 saturated heterocycles. The van der Waals surface area contributed by atoms with Crippen molar-refractivity contribution in [3.05, 3.63) is 99.3 Å². The molecule has 0 saturated carbocycles. The van der Waals surface area contributed by atoms with Crippen molar-refractivity contribution in [3.63, 3.8) is 0 Å². The first-order valence-electron chi connectivity index (χ1n) is 10.2. The largest absolute Gasteiger partial charge is 0.274 e. The summed E-state index contributed by atoms with van der Waals surface area (Å²) in [5.41, 5.74) is 2.14. The monoisotopic (exact) mass is 493 g/mol. The number of hydrazine groups is 1. The molecule has 0 aliphatic carbocycles. The minimum absolute atomic E-state index is 0.0906. The quantitative estimate of drug-likeness (QED) is 0.327. The summed E-state index contributed by atoms with van der Waals surface area (Å²) in [5, 5.41) is 12.2. The highest BCUT2D eigenvalue weighted by atomic mass is 35.5. The van der Waals surface area contributed by atoms with E-state index < -0.39 is 41.0 Å². The third kappa shape index (κ3) is 4.84. The Hall–Kier alpha value is -4.64. The first-order chi connectivity index (χ1) is 16.8. The van der Waals surface area contributed by atoms with E-state index >= 15 is 0 Å². The molecule has 0 radical (unpaired) electrons. The van der Waals surface area contributed by atoms with Crippen molar-refractivity contribution in [1.82, 2.24) is 15.4 Å². The number of carbonyl (C=O) groups is 4. The predicted octanol–water partition coefficient (Wildman–Crippen LogP) is 2.76. The molecular weight excluding hydrogens is 478 g/mol. The molecule has 0 bridgehead atoms. The Bertz CT molecular complexity index is 1350. The third-order valence-corrected chi connectivity index (χ3v) is 5.40. The van der Waals surface area contributed by atoms with Crippen molar-refractivity contribution in [2.24, 2.45) is 0 Å². The normalized spacial score (nSPS) is 15.1. The van der Waals surface area contributed by atoms with Crippen LogP contribution in [0, 0.1) is 10.1 Å². The predicted molar refractivity (Wildman–Crippen MR) is 123 cm³/mol. The Morgan fingerprint density at radius 2 is 1.83 bits per heavy atom. The molecule has 176 valence electrons. The van der Waals surface area contributed by atoms with Gasteiger partial charge >= 0.3 is 0 Å². The van der Waals surface area contributed by atoms with Crippen LogP contribution in [0.2, 0.25) is 5.02 Å². The van der Waals surface area contributed by atoms with E-state index in [2.05, 4.69) is 10.4 Å². The van der Waals surface area contributed by atoms with Crippen LogP contribution in [-0.2, 0) is 9.59 Å². The van der Waals surface area contributed by atoms with Crippen LogP contribution in [0.3, 0.4) is 0 Å². The molecule has 1 aromatic heterocycles. The van der Waals surface area contributed by atoms with Crippen LogP contribution in [0.4, 0.5) is 11.4 Å². The molecule has 3 aromatic rings. The zero-order chi connectivity index (χ0) is 25.1. The number of benzene rings is 2. The summed E-state index contributed by atoms with van der Waals surface area (Å²) in [6, 6.07) is 12.4. The summed E-state index contributed by atoms with van der Waals surface area (Å²) in [4.78, 5) is 67.5. The van der Waals surface area contributed by atoms with Crippen LogP contribution in [0.1, 0.15) is 27.1 Å². The number of imide groups is 1. The standard InChI is InChI=1S/C23H16ClN5O6/c24-16-6-2-7-17(11-16)27-20(30)12-19(23(27)33)28(26-21(31)15-5-3-9-25-13-15)22(32)14-4-1-8-18(10-14)29(34)35/h1-11,13,19H,12H2,(H,26,31). The van der Waals surface area contributed by atoms with Crippen molar-refractivity contribution < 1.29 is 24.1 Å². The highest BCUT2D eigenvalue weighted by Crippen LogP contribution is 2.28. The Labute approximate surface area is 203 Å². The van der Waals surface area contributed by atoms with Gasteiger partial charge in [-0.05, 0) is 36.4 Å². The van der Waals surface area contributed by atoms with Gasteiger partial charge in [0, 0.05) is 35.1 Å². The Morgan fingerprint density at radius 3 is 2.51 bits per heavy atom. The molecule has 4 rings (SSSR count). The Kier molecular flexibility index (Phi) is 6.51. The molecule has 12 heteroatoms. The molecule has 0 spiro atoms. The van der Waals surface area contributed by atoms with Gasteiger partial charge in [0.05, 0.1) is 22.6 Å². The SMILES string of the molecule is O=C(NN(C(=O)c1cccc([N+](=O)[O-])c1)C1CC(=O)N(c2cccc(Cl)c2)C1=O)c1cccnc1. The van der Waals surface area contributed by atoms with Crippen LogP contribution in [0.15, 0.2) is 73.1 Å². The average Bonchev–Trinajstić information content (AvgIpc) is 3.15. The maximum Gasteiger partial charge on any atom is 0.273 e. The summed E-state index contributed by atoms with van der Waals surface area (Å²) < 4.78 is 0. The first-order valence-corrected chi connectivity index (χ1v) is 10.6. The number of pyridine rings is 1. The van der Waals surface area contributed by atoms with Crippen LogP contribution < -0.4 is 10.3 Å². The lowest BCUT2D eigenvalue weighted by Crippen LogP contribution is -2.54. The topological polar surface area (TPSA) is 143 Å². The zero-order valence-corrected chi connectivity index (χ0v) is 18.6. The van der Waals surface area contributed by atoms with Crippen LogP contribution in [0.25, 0.3) is 0 Å². The fourth-order valence-corrected chi connectivity index (χ4v) is 3.72. The van der Waals surface area contributed by atoms with Gasteiger partial charge in [-0.2, -0.15) is 0 Å². The van der Waals surface area contributed by atoms with E-state index in [4.69, 9.17) is 11.6 Å². The number of rotatable bonds is 5. The van der Waals surface area contributed by atoms with E-state index in [0.717, 1.165) is 16.0 Å². The zero-order valence-electron chi connectivity index (χ0n) is 17.8. The summed E-state index contributed by atoms with van der Waals surface area (Å²) >= 11 is 5.99. The summed E-state index contributed by atoms with van der Waals surface area (Å²) in [6.45, 7) is 0. The summed E-state index contributed by atoms with van der Waals surface area (Å²) in [6.07, 6.45) is 2.27. The number of hydrogen-bond acceptors (Lipinski definition) is 7. The van der Waals surface area contributed by atoms with Crippen molar-refractivity contribution >= 4 is 46.6 Å². The maximum absolute atomic E-state index is 13.4. The highest BCUT2D eigenvalue weighted by molar-refractivity contribution is 6.31. The number of non-ortho nitro benzene ring substituents is 1. The highest BCUT2D eigenvalue weighted by Gasteiger charge is 2.45. The third-order valence-electron chi connectivity index (χ3n) is 5.17. The maximum atomic E-state index is 13.4. The van der Waals surface area contributed by atoms with E-state index in [-0.39, 0.29) is 22.5 Å². The van der Waals surface area contributed by atoms with Crippen molar-refractivity contribution in [2.45, 2.75) is 12.5 Å². The van der Waals surface area contributed by atoms with Crippen molar-refractivity contribution in [3.8, 4) is 0 Å². The number of aromatic nitrogens is 1. The molecule has 1 N–H and O–H groups in total. The van der Waals surface area contributed by atoms with E-state index in [1.54, 1.807) is 12.1 Å². The number of amides is 4. The molecule has 2 heterocycles. The van der Waals surface area contributed by atoms with Crippen molar-refractivity contribution in [2.75, 3.05) is 4.90 Å². The number of nitro benzene ring substituents is 1. The number of nitro groups is 1. The molecule has 1 aliphatic heterocycles. The van der Waals surface area contributed by atoms with Gasteiger partial charge in [0.2, 0.25) is 5.91 Å². The Balaban J connectivity index is 1.71. The van der Waals surface area contributed by atoms with Gasteiger partial charge in [-0.25, -0.2) is 9.91 Å². The fourth-order valence-electron chi connectivity index (χ4n) is 3.54. The van der Waals surface area contributed by atoms with Crippen LogP contribution in [0.5, 0.6) is 0 Å². The van der Waals surface area contributed by atoms with Crippen molar-refractivity contribution in [1.29, 1.82) is 0 Å². The first kappa shape index (κ1) is 23.5. The molecule has 1 aliphatic rings. The summed E-state index contributed by atoms with van der Waals surface area (Å²) in [7, 11) is 0. The molecule has 35 heavy (non-hydrogen) atoms. The molecule has 1 unspecified atom stereocenters. The molecular formula is C23H16ClN5O6. The van der Waals surface area contributed by atoms with E-state index in [9.17, 15) is 29.3 Å².